The third-order valence-corrected chi connectivity index (χ3v) is 6.93. The van der Waals surface area contributed by atoms with E-state index in [2.05, 4.69) is 20.2 Å². The van der Waals surface area contributed by atoms with Gasteiger partial charge in [-0.2, -0.15) is 4.72 Å². The number of hydrogen-bond donors (Lipinski definition) is 2. The van der Waals surface area contributed by atoms with Crippen LogP contribution in [-0.2, 0) is 14.8 Å². The Morgan fingerprint density at radius 3 is 2.31 bits per heavy atom. The molecule has 1 aromatic heterocycles. The summed E-state index contributed by atoms with van der Waals surface area (Å²) in [6, 6.07) is 16.4. The average Bonchev–Trinajstić information content (AvgIpc) is 3.17. The van der Waals surface area contributed by atoms with Crippen molar-refractivity contribution >= 4 is 32.4 Å². The fourth-order valence-electron chi connectivity index (χ4n) is 2.69. The van der Waals surface area contributed by atoms with Gasteiger partial charge in [0.1, 0.15) is 0 Å². The van der Waals surface area contributed by atoms with Gasteiger partial charge < -0.3 is 5.32 Å². The lowest BCUT2D eigenvalue weighted by Crippen LogP contribution is -2.30. The van der Waals surface area contributed by atoms with E-state index >= 15 is 0 Å². The Balaban J connectivity index is 1.92. The number of rotatable bonds is 7. The second kappa shape index (κ2) is 8.81. The van der Waals surface area contributed by atoms with Crippen molar-refractivity contribution in [3.63, 3.8) is 0 Å². The summed E-state index contributed by atoms with van der Waals surface area (Å²) in [4.78, 5) is 11.8. The largest absolute Gasteiger partial charge is 0.300 e. The number of anilines is 1. The summed E-state index contributed by atoms with van der Waals surface area (Å²) in [6.07, 6.45) is 0. The van der Waals surface area contributed by atoms with E-state index in [0.29, 0.717) is 0 Å². The zero-order valence-corrected chi connectivity index (χ0v) is 17.9. The molecule has 0 saturated carbocycles. The lowest BCUT2D eigenvalue weighted by Gasteiger charge is -2.20. The van der Waals surface area contributed by atoms with Gasteiger partial charge in [-0.05, 0) is 23.6 Å². The van der Waals surface area contributed by atoms with Gasteiger partial charge in [0.05, 0.1) is 6.04 Å². The van der Waals surface area contributed by atoms with Gasteiger partial charge in [0.15, 0.2) is 0 Å². The molecule has 1 amide bonds. The molecule has 1 heterocycles. The number of aryl methyl sites for hydroxylation is 1. The fourth-order valence-corrected chi connectivity index (χ4v) is 4.81. The summed E-state index contributed by atoms with van der Waals surface area (Å²) >= 11 is 0.817. The molecule has 0 aliphatic rings. The van der Waals surface area contributed by atoms with Gasteiger partial charge in [-0.15, -0.1) is 10.2 Å². The summed E-state index contributed by atoms with van der Waals surface area (Å²) in [5.74, 6) is -0.499. The maximum Gasteiger partial charge on any atom is 0.270 e. The van der Waals surface area contributed by atoms with Gasteiger partial charge in [-0.25, -0.2) is 8.42 Å². The third kappa shape index (κ3) is 5.06. The molecule has 9 heteroatoms. The van der Waals surface area contributed by atoms with Gasteiger partial charge in [-0.3, -0.25) is 4.79 Å². The molecular weight excluding hydrogens is 408 g/mol. The minimum Gasteiger partial charge on any atom is -0.300 e. The second-order valence-electron chi connectivity index (χ2n) is 6.84. The molecule has 0 aliphatic carbocycles. The molecule has 1 atom stereocenters. The Hall–Kier alpha value is -2.62. The topological polar surface area (TPSA) is 101 Å². The first kappa shape index (κ1) is 21.1. The molecule has 3 rings (SSSR count). The van der Waals surface area contributed by atoms with Crippen LogP contribution in [0.2, 0.25) is 0 Å². The van der Waals surface area contributed by atoms with E-state index < -0.39 is 16.1 Å². The smallest absolute Gasteiger partial charge is 0.270 e. The molecule has 29 heavy (non-hydrogen) atoms. The minimum absolute atomic E-state index is 0.149. The number of carbonyl (C=O) groups is 1. The van der Waals surface area contributed by atoms with E-state index in [-0.39, 0.29) is 21.3 Å². The molecular formula is C20H22N4O3S2. The van der Waals surface area contributed by atoms with Gasteiger partial charge in [-0.1, -0.05) is 79.8 Å². The van der Waals surface area contributed by atoms with E-state index in [0.717, 1.165) is 28.0 Å². The minimum atomic E-state index is -3.96. The maximum absolute atomic E-state index is 13.0. The van der Waals surface area contributed by atoms with Gasteiger partial charge >= 0.3 is 0 Å². The van der Waals surface area contributed by atoms with E-state index in [1.807, 2.05) is 61.5 Å². The van der Waals surface area contributed by atoms with Crippen LogP contribution in [0.5, 0.6) is 0 Å². The first-order chi connectivity index (χ1) is 13.8. The Bertz CT molecular complexity index is 1100. The number of carbonyl (C=O) groups excluding carboxylic acids is 1. The van der Waals surface area contributed by atoms with Crippen LogP contribution in [-0.4, -0.2) is 24.5 Å². The van der Waals surface area contributed by atoms with Crippen LogP contribution in [0.3, 0.4) is 0 Å². The van der Waals surface area contributed by atoms with E-state index in [9.17, 15) is 13.2 Å². The Labute approximate surface area is 174 Å². The van der Waals surface area contributed by atoms with E-state index in [1.54, 1.807) is 13.8 Å². The third-order valence-electron chi connectivity index (χ3n) is 4.30. The molecule has 2 aromatic carbocycles. The second-order valence-corrected chi connectivity index (χ2v) is 9.70. The molecule has 0 saturated heterocycles. The molecule has 0 radical (unpaired) electrons. The number of sulfonamides is 1. The van der Waals surface area contributed by atoms with Crippen molar-refractivity contribution in [3.8, 4) is 0 Å². The summed E-state index contributed by atoms with van der Waals surface area (Å²) in [7, 11) is -3.96. The summed E-state index contributed by atoms with van der Waals surface area (Å²) < 4.78 is 28.6. The summed E-state index contributed by atoms with van der Waals surface area (Å²) in [6.45, 7) is 5.41. The Morgan fingerprint density at radius 1 is 1.00 bits per heavy atom. The molecule has 0 aliphatic heterocycles. The Morgan fingerprint density at radius 2 is 1.66 bits per heavy atom. The average molecular weight is 431 g/mol. The SMILES string of the molecule is Cc1ccccc1C(NS(=O)(=O)c1nnc(NC(=O)C(C)C)s1)c1ccccc1. The maximum atomic E-state index is 13.0. The summed E-state index contributed by atoms with van der Waals surface area (Å²) in [5, 5.41) is 10.3. The molecule has 3 aromatic rings. The van der Waals surface area contributed by atoms with Crippen molar-refractivity contribution in [2.45, 2.75) is 31.2 Å². The number of amides is 1. The van der Waals surface area contributed by atoms with Gasteiger partial charge in [0.2, 0.25) is 15.4 Å². The fraction of sp³-hybridized carbons (Fsp3) is 0.250. The van der Waals surface area contributed by atoms with Gasteiger partial charge in [0, 0.05) is 5.92 Å². The van der Waals surface area contributed by atoms with Crippen molar-refractivity contribution in [2.24, 2.45) is 5.92 Å². The zero-order valence-electron chi connectivity index (χ0n) is 16.3. The van der Waals surface area contributed by atoms with Crippen LogP contribution in [0, 0.1) is 12.8 Å². The molecule has 152 valence electrons. The highest BCUT2D eigenvalue weighted by atomic mass is 32.2. The predicted octanol–water partition coefficient (Wildman–Crippen LogP) is 3.51. The van der Waals surface area contributed by atoms with E-state index in [1.165, 1.54) is 0 Å². The monoisotopic (exact) mass is 430 g/mol. The van der Waals surface area contributed by atoms with E-state index in [4.69, 9.17) is 0 Å². The molecule has 0 spiro atoms. The normalized spacial score (nSPS) is 12.7. The zero-order chi connectivity index (χ0) is 21.0. The molecule has 0 fully saturated rings. The number of hydrogen-bond acceptors (Lipinski definition) is 6. The molecule has 2 N–H and O–H groups in total. The highest BCUT2D eigenvalue weighted by Gasteiger charge is 2.27. The molecule has 1 unspecified atom stereocenters. The van der Waals surface area contributed by atoms with Crippen molar-refractivity contribution in [3.05, 3.63) is 71.3 Å². The molecule has 0 bridgehead atoms. The van der Waals surface area contributed by atoms with Crippen LogP contribution in [0.15, 0.2) is 58.9 Å². The van der Waals surface area contributed by atoms with Crippen LogP contribution >= 0.6 is 11.3 Å². The number of nitrogens with zero attached hydrogens (tertiary/aromatic N) is 2. The van der Waals surface area contributed by atoms with Gasteiger partial charge in [0.25, 0.3) is 10.0 Å². The van der Waals surface area contributed by atoms with Crippen LogP contribution < -0.4 is 10.0 Å². The lowest BCUT2D eigenvalue weighted by molar-refractivity contribution is -0.118. The lowest BCUT2D eigenvalue weighted by atomic mass is 9.96. The van der Waals surface area contributed by atoms with Crippen molar-refractivity contribution in [1.82, 2.24) is 14.9 Å². The standard InChI is InChI=1S/C20H22N4O3S2/c1-13(2)18(25)21-19-22-23-20(28-19)29(26,27)24-17(15-10-5-4-6-11-15)16-12-8-7-9-14(16)3/h4-13,17,24H,1-3H3,(H,21,22,25). The van der Waals surface area contributed by atoms with Crippen LogP contribution in [0.4, 0.5) is 5.13 Å². The molecule has 7 nitrogen and oxygen atoms in total. The highest BCUT2D eigenvalue weighted by Crippen LogP contribution is 2.28. The number of nitrogens with one attached hydrogen (secondary N) is 2. The van der Waals surface area contributed by atoms with Crippen LogP contribution in [0.1, 0.15) is 36.6 Å². The number of benzene rings is 2. The van der Waals surface area contributed by atoms with Crippen molar-refractivity contribution in [1.29, 1.82) is 0 Å². The number of aromatic nitrogens is 2. The Kier molecular flexibility index (Phi) is 6.41. The summed E-state index contributed by atoms with van der Waals surface area (Å²) in [5.41, 5.74) is 2.62. The van der Waals surface area contributed by atoms with Crippen LogP contribution in [0.25, 0.3) is 0 Å². The highest BCUT2D eigenvalue weighted by molar-refractivity contribution is 7.91. The first-order valence-electron chi connectivity index (χ1n) is 9.05. The quantitative estimate of drug-likeness (QED) is 0.559. The predicted molar refractivity (Wildman–Crippen MR) is 113 cm³/mol. The van der Waals surface area contributed by atoms with Crippen molar-refractivity contribution < 1.29 is 13.2 Å². The first-order valence-corrected chi connectivity index (χ1v) is 11.3. The van der Waals surface area contributed by atoms with Crippen molar-refractivity contribution in [2.75, 3.05) is 5.32 Å².